The summed E-state index contributed by atoms with van der Waals surface area (Å²) in [6, 6.07) is 16.0. The molecule has 0 aliphatic carbocycles. The van der Waals surface area contributed by atoms with Crippen molar-refractivity contribution in [2.24, 2.45) is 0 Å². The van der Waals surface area contributed by atoms with Crippen LogP contribution in [0.2, 0.25) is 0 Å². The predicted molar refractivity (Wildman–Crippen MR) is 88.1 cm³/mol. The average molecular weight is 312 g/mol. The minimum atomic E-state index is -1.20. The van der Waals surface area contributed by atoms with E-state index in [1.54, 1.807) is 0 Å². The van der Waals surface area contributed by atoms with Gasteiger partial charge in [-0.3, -0.25) is 4.21 Å². The Labute approximate surface area is 129 Å². The quantitative estimate of drug-likeness (QED) is 0.699. The van der Waals surface area contributed by atoms with E-state index in [1.165, 1.54) is 11.3 Å². The van der Waals surface area contributed by atoms with Crippen molar-refractivity contribution >= 4 is 39.0 Å². The van der Waals surface area contributed by atoms with Crippen LogP contribution in [0.5, 0.6) is 5.06 Å². The van der Waals surface area contributed by atoms with Gasteiger partial charge in [0, 0.05) is 0 Å². The van der Waals surface area contributed by atoms with Crippen molar-refractivity contribution in [3.05, 3.63) is 65.6 Å². The monoisotopic (exact) mass is 312 g/mol. The van der Waals surface area contributed by atoms with E-state index in [1.807, 2.05) is 53.9 Å². The van der Waals surface area contributed by atoms with Crippen molar-refractivity contribution in [1.82, 2.24) is 0 Å². The summed E-state index contributed by atoms with van der Waals surface area (Å²) in [5.41, 5.74) is 0.593. The Morgan fingerprint density at radius 3 is 2.62 bits per heavy atom. The number of ether oxygens (including phenoxy) is 1. The Morgan fingerprint density at radius 2 is 1.86 bits per heavy atom. The van der Waals surface area contributed by atoms with E-state index in [9.17, 15) is 4.21 Å². The molecule has 104 valence electrons. The number of hydrogen-bond donors (Lipinski definition) is 0. The lowest BCUT2D eigenvalue weighted by Crippen LogP contribution is -2.22. The van der Waals surface area contributed by atoms with Gasteiger partial charge >= 0.3 is 0 Å². The highest BCUT2D eigenvalue weighted by atomic mass is 32.2. The molecule has 0 N–H and O–H groups in total. The van der Waals surface area contributed by atoms with Crippen LogP contribution in [0.15, 0.2) is 64.9 Å². The SMILES string of the molecule is O=S1c2cc3ccccc3cc2C=CC1Oc1cccs1. The maximum atomic E-state index is 12.7. The Balaban J connectivity index is 1.75. The normalized spacial score (nSPS) is 20.4. The zero-order valence-electron chi connectivity index (χ0n) is 11.1. The lowest BCUT2D eigenvalue weighted by Gasteiger charge is -2.20. The number of rotatable bonds is 2. The van der Waals surface area contributed by atoms with Gasteiger partial charge in [-0.2, -0.15) is 0 Å². The molecule has 1 aromatic heterocycles. The maximum absolute atomic E-state index is 12.7. The number of thiophene rings is 1. The first-order valence-corrected chi connectivity index (χ1v) is 8.72. The predicted octanol–water partition coefficient (Wildman–Crippen LogP) is 4.44. The Kier molecular flexibility index (Phi) is 3.13. The highest BCUT2D eigenvalue weighted by Gasteiger charge is 2.24. The van der Waals surface area contributed by atoms with E-state index in [0.717, 1.165) is 26.3 Å². The molecule has 2 aromatic carbocycles. The summed E-state index contributed by atoms with van der Waals surface area (Å²) in [6.45, 7) is 0. The van der Waals surface area contributed by atoms with E-state index >= 15 is 0 Å². The van der Waals surface area contributed by atoms with Crippen LogP contribution in [-0.2, 0) is 10.8 Å². The van der Waals surface area contributed by atoms with E-state index in [0.29, 0.717) is 0 Å². The Morgan fingerprint density at radius 1 is 1.05 bits per heavy atom. The molecule has 4 heteroatoms. The largest absolute Gasteiger partial charge is 0.463 e. The molecule has 1 aliphatic heterocycles. The third-order valence-corrected chi connectivity index (χ3v) is 5.69. The third kappa shape index (κ3) is 2.30. The van der Waals surface area contributed by atoms with Gasteiger partial charge in [0.25, 0.3) is 0 Å². The fourth-order valence-electron chi connectivity index (χ4n) is 2.45. The van der Waals surface area contributed by atoms with Crippen LogP contribution in [0, 0.1) is 0 Å². The number of fused-ring (bicyclic) bond motifs is 2. The molecule has 4 rings (SSSR count). The van der Waals surface area contributed by atoms with E-state index < -0.39 is 16.2 Å². The summed E-state index contributed by atoms with van der Waals surface area (Å²) in [5.74, 6) is 0. The second-order valence-corrected chi connectivity index (χ2v) is 7.22. The Bertz CT molecular complexity index is 850. The molecule has 3 aromatic rings. The van der Waals surface area contributed by atoms with Crippen LogP contribution in [0.1, 0.15) is 5.56 Å². The van der Waals surface area contributed by atoms with Crippen LogP contribution in [0.25, 0.3) is 16.8 Å². The molecule has 0 spiro atoms. The summed E-state index contributed by atoms with van der Waals surface area (Å²) < 4.78 is 18.5. The van der Waals surface area contributed by atoms with Crippen molar-refractivity contribution in [3.8, 4) is 5.06 Å². The zero-order chi connectivity index (χ0) is 14.2. The summed E-state index contributed by atoms with van der Waals surface area (Å²) >= 11 is 1.51. The molecule has 0 radical (unpaired) electrons. The minimum absolute atomic E-state index is 0.419. The van der Waals surface area contributed by atoms with Gasteiger partial charge < -0.3 is 4.74 Å². The van der Waals surface area contributed by atoms with Gasteiger partial charge in [-0.1, -0.05) is 30.3 Å². The van der Waals surface area contributed by atoms with Gasteiger partial charge in [-0.15, -0.1) is 11.3 Å². The fourth-order valence-corrected chi connectivity index (χ4v) is 4.38. The summed E-state index contributed by atoms with van der Waals surface area (Å²) in [4.78, 5) is 0.845. The second kappa shape index (κ2) is 5.13. The van der Waals surface area contributed by atoms with Crippen LogP contribution in [0.4, 0.5) is 0 Å². The summed E-state index contributed by atoms with van der Waals surface area (Å²) in [6.07, 6.45) is 3.88. The van der Waals surface area contributed by atoms with E-state index in [2.05, 4.69) is 12.1 Å². The second-order valence-electron chi connectivity index (χ2n) is 4.81. The van der Waals surface area contributed by atoms with E-state index in [4.69, 9.17) is 4.74 Å². The molecule has 0 amide bonds. The standard InChI is InChI=1S/C17H12O2S2/c18-21-15-11-13-5-2-1-4-12(13)10-14(15)7-8-17(21)19-16-6-3-9-20-16/h1-11,17H. The van der Waals surface area contributed by atoms with Gasteiger partial charge in [0.05, 0.1) is 15.7 Å². The molecule has 2 heterocycles. The van der Waals surface area contributed by atoms with Crippen molar-refractivity contribution in [2.75, 3.05) is 0 Å². The van der Waals surface area contributed by atoms with Gasteiger partial charge in [0.1, 0.15) is 0 Å². The van der Waals surface area contributed by atoms with Crippen LogP contribution >= 0.6 is 11.3 Å². The van der Waals surface area contributed by atoms with Crippen LogP contribution < -0.4 is 4.74 Å². The average Bonchev–Trinajstić information content (AvgIpc) is 3.02. The molecule has 2 nitrogen and oxygen atoms in total. The third-order valence-electron chi connectivity index (χ3n) is 3.47. The smallest absolute Gasteiger partial charge is 0.197 e. The van der Waals surface area contributed by atoms with Crippen molar-refractivity contribution in [3.63, 3.8) is 0 Å². The van der Waals surface area contributed by atoms with E-state index in [-0.39, 0.29) is 0 Å². The molecule has 0 saturated carbocycles. The number of hydrogen-bond acceptors (Lipinski definition) is 3. The van der Waals surface area contributed by atoms with Crippen molar-refractivity contribution < 1.29 is 8.95 Å². The fraction of sp³-hybridized carbons (Fsp3) is 0.0588. The molecule has 2 atom stereocenters. The minimum Gasteiger partial charge on any atom is -0.463 e. The lowest BCUT2D eigenvalue weighted by molar-refractivity contribution is 0.335. The van der Waals surface area contributed by atoms with Gasteiger partial charge in [0.15, 0.2) is 10.5 Å². The summed E-state index contributed by atoms with van der Waals surface area (Å²) in [7, 11) is -1.20. The highest BCUT2D eigenvalue weighted by molar-refractivity contribution is 7.85. The maximum Gasteiger partial charge on any atom is 0.197 e. The Hall–Kier alpha value is -1.91. The first-order valence-electron chi connectivity index (χ1n) is 6.63. The van der Waals surface area contributed by atoms with Gasteiger partial charge in [0.2, 0.25) is 0 Å². The molecular formula is C17H12O2S2. The van der Waals surface area contributed by atoms with Crippen molar-refractivity contribution in [2.45, 2.75) is 10.3 Å². The van der Waals surface area contributed by atoms with Crippen molar-refractivity contribution in [1.29, 1.82) is 0 Å². The summed E-state index contributed by atoms with van der Waals surface area (Å²) in [5, 5.41) is 5.01. The first kappa shape index (κ1) is 12.8. The van der Waals surface area contributed by atoms with Gasteiger partial charge in [-0.25, -0.2) is 0 Å². The van der Waals surface area contributed by atoms with Crippen LogP contribution in [-0.4, -0.2) is 9.64 Å². The molecular weight excluding hydrogens is 300 g/mol. The molecule has 1 aliphatic rings. The number of benzene rings is 2. The molecule has 0 saturated heterocycles. The molecule has 0 bridgehead atoms. The first-order chi connectivity index (χ1) is 10.3. The molecule has 2 unspecified atom stereocenters. The van der Waals surface area contributed by atoms with Gasteiger partial charge in [-0.05, 0) is 52.1 Å². The zero-order valence-corrected chi connectivity index (χ0v) is 12.7. The topological polar surface area (TPSA) is 26.3 Å². The molecule has 21 heavy (non-hydrogen) atoms. The molecule has 0 fully saturated rings. The van der Waals surface area contributed by atoms with Crippen LogP contribution in [0.3, 0.4) is 0 Å². The lowest BCUT2D eigenvalue weighted by atomic mass is 10.1. The highest BCUT2D eigenvalue weighted by Crippen LogP contribution is 2.31.